The molecule has 0 heterocycles. The topological polar surface area (TPSA) is 0 Å². The van der Waals surface area contributed by atoms with Crippen molar-refractivity contribution in [2.75, 3.05) is 0 Å². The van der Waals surface area contributed by atoms with E-state index in [0.29, 0.717) is 0 Å². The maximum atomic E-state index is 6.85. The van der Waals surface area contributed by atoms with Crippen molar-refractivity contribution in [2.45, 2.75) is 64.7 Å². The molecule has 0 saturated heterocycles. The highest BCUT2D eigenvalue weighted by Crippen LogP contribution is 2.09. The molecule has 0 atom stereocenters. The molecule has 2 radical (unpaired) electrons. The molecule has 0 N–H and O–H groups in total. The fourth-order valence-electron chi connectivity index (χ4n) is 1.38. The zero-order chi connectivity index (χ0) is 9.07. The van der Waals surface area contributed by atoms with Gasteiger partial charge in [-0.05, 0) is 19.4 Å². The Labute approximate surface area is 78.1 Å². The molecule has 12 heavy (non-hydrogen) atoms. The van der Waals surface area contributed by atoms with Crippen molar-refractivity contribution in [3.8, 4) is 0 Å². The lowest BCUT2D eigenvalue weighted by atomic mass is 10.1. The van der Waals surface area contributed by atoms with E-state index in [0.717, 1.165) is 6.42 Å². The Bertz CT molecular complexity index is 84.0. The van der Waals surface area contributed by atoms with E-state index in [1.54, 1.807) is 0 Å². The van der Waals surface area contributed by atoms with Gasteiger partial charge in [0.15, 0.2) is 0 Å². The van der Waals surface area contributed by atoms with Crippen LogP contribution in [0.15, 0.2) is 6.08 Å². The van der Waals surface area contributed by atoms with E-state index in [4.69, 9.17) is 6.58 Å². The Kier molecular flexibility index (Phi) is 10.5. The molecule has 0 saturated carbocycles. The first-order chi connectivity index (χ1) is 5.91. The lowest BCUT2D eigenvalue weighted by Crippen LogP contribution is -1.79. The van der Waals surface area contributed by atoms with Gasteiger partial charge in [0.2, 0.25) is 0 Å². The quantitative estimate of drug-likeness (QED) is 0.446. The molecular weight excluding hydrogens is 144 g/mol. The van der Waals surface area contributed by atoms with Gasteiger partial charge in [-0.2, -0.15) is 0 Å². The Morgan fingerprint density at radius 2 is 1.33 bits per heavy atom. The van der Waals surface area contributed by atoms with Crippen LogP contribution in [-0.2, 0) is 0 Å². The van der Waals surface area contributed by atoms with Crippen LogP contribution in [0.25, 0.3) is 0 Å². The molecule has 0 unspecified atom stereocenters. The van der Waals surface area contributed by atoms with Gasteiger partial charge in [-0.15, -0.1) is 0 Å². The maximum absolute atomic E-state index is 6.85. The third-order valence-corrected chi connectivity index (χ3v) is 2.20. The zero-order valence-corrected chi connectivity index (χ0v) is 8.44. The standard InChI is InChI=1S/C12H22/c1-3-5-7-9-11-12-10-8-6-4-2/h4H,3,5-12H2,1H3. The van der Waals surface area contributed by atoms with Crippen LogP contribution in [0.5, 0.6) is 0 Å². The Hall–Kier alpha value is -0.260. The minimum absolute atomic E-state index is 0.981. The number of unbranched alkanes of at least 4 members (excludes halogenated alkanes) is 8. The van der Waals surface area contributed by atoms with Gasteiger partial charge in [0.05, 0.1) is 0 Å². The fourth-order valence-corrected chi connectivity index (χ4v) is 1.38. The van der Waals surface area contributed by atoms with Crippen LogP contribution in [0.3, 0.4) is 0 Å². The summed E-state index contributed by atoms with van der Waals surface area (Å²) in [5.74, 6) is 0. The zero-order valence-electron chi connectivity index (χ0n) is 8.44. The third kappa shape index (κ3) is 9.74. The summed E-state index contributed by atoms with van der Waals surface area (Å²) in [5, 5.41) is 0. The van der Waals surface area contributed by atoms with E-state index in [9.17, 15) is 0 Å². The van der Waals surface area contributed by atoms with Gasteiger partial charge in [0.1, 0.15) is 0 Å². The third-order valence-electron chi connectivity index (χ3n) is 2.20. The SMILES string of the molecule is [C]=CCCCCCCCCCC. The van der Waals surface area contributed by atoms with Crippen LogP contribution in [0, 0.1) is 6.58 Å². The second-order valence-corrected chi connectivity index (χ2v) is 3.47. The number of hydrogen-bond donors (Lipinski definition) is 0. The van der Waals surface area contributed by atoms with E-state index < -0.39 is 0 Å². The van der Waals surface area contributed by atoms with Crippen molar-refractivity contribution in [1.82, 2.24) is 0 Å². The molecule has 0 rings (SSSR count). The van der Waals surface area contributed by atoms with Gasteiger partial charge in [0, 0.05) is 0 Å². The monoisotopic (exact) mass is 166 g/mol. The number of rotatable bonds is 9. The highest BCUT2D eigenvalue weighted by molar-refractivity contribution is 4.61. The molecule has 0 aromatic rings. The summed E-state index contributed by atoms with van der Waals surface area (Å²) in [6, 6.07) is 0. The van der Waals surface area contributed by atoms with Crippen molar-refractivity contribution in [3.05, 3.63) is 12.7 Å². The molecule has 70 valence electrons. The first kappa shape index (κ1) is 11.7. The fraction of sp³-hybridized carbons (Fsp3) is 0.833. The molecule has 0 aliphatic rings. The largest absolute Gasteiger partial charge is 0.0760 e. The average molecular weight is 166 g/mol. The van der Waals surface area contributed by atoms with Crippen LogP contribution in [0.2, 0.25) is 0 Å². The van der Waals surface area contributed by atoms with Crippen LogP contribution >= 0.6 is 0 Å². The van der Waals surface area contributed by atoms with E-state index in [-0.39, 0.29) is 0 Å². The molecule has 0 heteroatoms. The Morgan fingerprint density at radius 1 is 0.833 bits per heavy atom. The van der Waals surface area contributed by atoms with Crippen LogP contribution in [0.1, 0.15) is 64.7 Å². The molecule has 0 nitrogen and oxygen atoms in total. The molecular formula is C12H22. The van der Waals surface area contributed by atoms with Crippen LogP contribution in [-0.4, -0.2) is 0 Å². The van der Waals surface area contributed by atoms with Gasteiger partial charge in [0.25, 0.3) is 0 Å². The number of allylic oxidation sites excluding steroid dienone is 1. The second-order valence-electron chi connectivity index (χ2n) is 3.47. The molecule has 0 aliphatic heterocycles. The van der Waals surface area contributed by atoms with Gasteiger partial charge in [-0.3, -0.25) is 0 Å². The van der Waals surface area contributed by atoms with Crippen molar-refractivity contribution in [3.63, 3.8) is 0 Å². The summed E-state index contributed by atoms with van der Waals surface area (Å²) < 4.78 is 0. The van der Waals surface area contributed by atoms with Gasteiger partial charge in [-0.1, -0.05) is 57.9 Å². The van der Waals surface area contributed by atoms with E-state index in [1.807, 2.05) is 0 Å². The van der Waals surface area contributed by atoms with E-state index >= 15 is 0 Å². The normalized spacial score (nSPS) is 10.1. The molecule has 0 bridgehead atoms. The van der Waals surface area contributed by atoms with Crippen molar-refractivity contribution < 1.29 is 0 Å². The summed E-state index contributed by atoms with van der Waals surface area (Å²) in [4.78, 5) is 0. The smallest absolute Gasteiger partial charge is 0.0146 e. The molecule has 0 aliphatic carbocycles. The van der Waals surface area contributed by atoms with Crippen molar-refractivity contribution in [1.29, 1.82) is 0 Å². The van der Waals surface area contributed by atoms with Crippen LogP contribution in [0.4, 0.5) is 0 Å². The molecule has 0 aromatic heterocycles. The summed E-state index contributed by atoms with van der Waals surface area (Å²) in [7, 11) is 0. The number of hydrogen-bond acceptors (Lipinski definition) is 0. The first-order valence-corrected chi connectivity index (χ1v) is 5.40. The Balaban J connectivity index is 2.77. The Morgan fingerprint density at radius 3 is 1.83 bits per heavy atom. The highest BCUT2D eigenvalue weighted by Gasteiger charge is 1.89. The maximum Gasteiger partial charge on any atom is -0.0146 e. The average Bonchev–Trinajstić information content (AvgIpc) is 2.10. The summed E-state index contributed by atoms with van der Waals surface area (Å²) >= 11 is 0. The predicted octanol–water partition coefficient (Wildman–Crippen LogP) is 4.38. The van der Waals surface area contributed by atoms with Gasteiger partial charge >= 0.3 is 0 Å². The minimum atomic E-state index is 0.981. The summed E-state index contributed by atoms with van der Waals surface area (Å²) in [6.07, 6.45) is 13.4. The lowest BCUT2D eigenvalue weighted by molar-refractivity contribution is 0.577. The second kappa shape index (κ2) is 10.7. The lowest BCUT2D eigenvalue weighted by Gasteiger charge is -1.99. The van der Waals surface area contributed by atoms with Gasteiger partial charge in [-0.25, -0.2) is 0 Å². The van der Waals surface area contributed by atoms with E-state index in [2.05, 4.69) is 6.92 Å². The molecule has 0 fully saturated rings. The minimum Gasteiger partial charge on any atom is -0.0760 e. The van der Waals surface area contributed by atoms with Gasteiger partial charge < -0.3 is 0 Å². The van der Waals surface area contributed by atoms with E-state index in [1.165, 1.54) is 57.4 Å². The summed E-state index contributed by atoms with van der Waals surface area (Å²) in [5.41, 5.74) is 0. The predicted molar refractivity (Wildman–Crippen MR) is 55.0 cm³/mol. The first-order valence-electron chi connectivity index (χ1n) is 5.40. The summed E-state index contributed by atoms with van der Waals surface area (Å²) in [6.45, 7) is 9.10. The van der Waals surface area contributed by atoms with Crippen LogP contribution < -0.4 is 0 Å². The highest BCUT2D eigenvalue weighted by atomic mass is 14.0. The molecule has 0 amide bonds. The molecule has 0 spiro atoms. The van der Waals surface area contributed by atoms with Crippen molar-refractivity contribution >= 4 is 0 Å². The molecule has 0 aromatic carbocycles. The van der Waals surface area contributed by atoms with Crippen molar-refractivity contribution in [2.24, 2.45) is 0 Å².